The molecule has 294 valence electrons. The summed E-state index contributed by atoms with van der Waals surface area (Å²) in [5.74, 6) is 0.680. The fourth-order valence-electron chi connectivity index (χ4n) is 9.08. The van der Waals surface area contributed by atoms with Crippen LogP contribution in [0.3, 0.4) is 0 Å². The van der Waals surface area contributed by atoms with Gasteiger partial charge in [-0.25, -0.2) is 15.0 Å². The summed E-state index contributed by atoms with van der Waals surface area (Å²) < 4.78 is 6.63. The van der Waals surface area contributed by atoms with E-state index in [1.54, 1.807) is 0 Å². The summed E-state index contributed by atoms with van der Waals surface area (Å²) in [7, 11) is 0. The summed E-state index contributed by atoms with van der Waals surface area (Å²) in [6.45, 7) is 0. The predicted octanol–water partition coefficient (Wildman–Crippen LogP) is 15.7. The molecule has 63 heavy (non-hydrogen) atoms. The van der Waals surface area contributed by atoms with E-state index >= 15 is 0 Å². The molecule has 4 heteroatoms. The van der Waals surface area contributed by atoms with E-state index in [-0.39, 0.29) is 0 Å². The second-order valence-electron chi connectivity index (χ2n) is 15.9. The highest BCUT2D eigenvalue weighted by Gasteiger charge is 2.22. The third-order valence-corrected chi connectivity index (χ3v) is 12.0. The van der Waals surface area contributed by atoms with Gasteiger partial charge in [-0.05, 0) is 70.3 Å². The lowest BCUT2D eigenvalue weighted by Gasteiger charge is -2.16. The van der Waals surface area contributed by atoms with Crippen LogP contribution < -0.4 is 0 Å². The molecule has 9 aromatic carbocycles. The number of pyridine rings is 1. The average Bonchev–Trinajstić information content (AvgIpc) is 3.74. The first-order chi connectivity index (χ1) is 31.2. The first-order valence-corrected chi connectivity index (χ1v) is 21.3. The van der Waals surface area contributed by atoms with Crippen molar-refractivity contribution in [2.45, 2.75) is 0 Å². The highest BCUT2D eigenvalue weighted by Crippen LogP contribution is 2.46. The molecule has 0 bridgehead atoms. The fraction of sp³-hybridized carbons (Fsp3) is 0. The molecular formula is C59H37N3O. The normalized spacial score (nSPS) is 11.5. The van der Waals surface area contributed by atoms with E-state index in [0.717, 1.165) is 116 Å². The minimum Gasteiger partial charge on any atom is -0.456 e. The third kappa shape index (κ3) is 6.53. The van der Waals surface area contributed by atoms with Crippen LogP contribution in [-0.4, -0.2) is 15.0 Å². The van der Waals surface area contributed by atoms with Gasteiger partial charge in [0.25, 0.3) is 0 Å². The van der Waals surface area contributed by atoms with Gasteiger partial charge in [-0.2, -0.15) is 0 Å². The standard InChI is InChI=1S/C59H37N3O/c1-4-17-38(18-5-1)41-23-16-28-46(35-41)59-61-51(39-19-6-2-7-20-39)37-52(62-59)44-26-14-24-42(33-44)43-25-15-27-45(34-43)58-49-36-54-57(48-30-11-13-32-53(48)63-54)55(40-21-8-3-9-22-40)56(49)47-29-10-12-31-50(47)60-58/h1-37H. The lowest BCUT2D eigenvalue weighted by Crippen LogP contribution is -1.96. The summed E-state index contributed by atoms with van der Waals surface area (Å²) in [6.07, 6.45) is 0. The second kappa shape index (κ2) is 15.2. The molecule has 0 spiro atoms. The van der Waals surface area contributed by atoms with Gasteiger partial charge in [0.1, 0.15) is 11.2 Å². The zero-order valence-electron chi connectivity index (χ0n) is 34.1. The van der Waals surface area contributed by atoms with Crippen LogP contribution in [0.25, 0.3) is 122 Å². The Morgan fingerprint density at radius 3 is 1.52 bits per heavy atom. The summed E-state index contributed by atoms with van der Waals surface area (Å²) in [4.78, 5) is 15.8. The number of furan rings is 1. The van der Waals surface area contributed by atoms with Gasteiger partial charge >= 0.3 is 0 Å². The molecule has 0 aliphatic rings. The Hall–Kier alpha value is -8.47. The first-order valence-electron chi connectivity index (χ1n) is 21.3. The molecule has 0 fully saturated rings. The van der Waals surface area contributed by atoms with Gasteiger partial charge in [-0.1, -0.05) is 182 Å². The number of hydrogen-bond acceptors (Lipinski definition) is 4. The molecule has 4 nitrogen and oxygen atoms in total. The predicted molar refractivity (Wildman–Crippen MR) is 260 cm³/mol. The molecule has 0 aliphatic carbocycles. The van der Waals surface area contributed by atoms with Gasteiger partial charge in [0.05, 0.1) is 22.6 Å². The Morgan fingerprint density at radius 1 is 0.286 bits per heavy atom. The smallest absolute Gasteiger partial charge is 0.160 e. The van der Waals surface area contributed by atoms with Crippen LogP contribution >= 0.6 is 0 Å². The Bertz CT molecular complexity index is 3670. The lowest BCUT2D eigenvalue weighted by molar-refractivity contribution is 0.669. The number of benzene rings is 9. The number of fused-ring (bicyclic) bond motifs is 6. The molecule has 0 unspecified atom stereocenters. The molecule has 12 rings (SSSR count). The van der Waals surface area contributed by atoms with E-state index in [2.05, 4.69) is 206 Å². The number of aromatic nitrogens is 3. The number of para-hydroxylation sites is 2. The van der Waals surface area contributed by atoms with Crippen LogP contribution in [0.15, 0.2) is 229 Å². The minimum absolute atomic E-state index is 0.680. The molecule has 0 saturated heterocycles. The highest BCUT2D eigenvalue weighted by atomic mass is 16.3. The number of rotatable bonds is 7. The van der Waals surface area contributed by atoms with Gasteiger partial charge < -0.3 is 4.42 Å². The molecule has 0 atom stereocenters. The Labute approximate surface area is 364 Å². The molecule has 0 saturated carbocycles. The van der Waals surface area contributed by atoms with E-state index < -0.39 is 0 Å². The van der Waals surface area contributed by atoms with Gasteiger partial charge in [-0.15, -0.1) is 0 Å². The quantitative estimate of drug-likeness (QED) is 0.151. The monoisotopic (exact) mass is 803 g/mol. The molecule has 12 aromatic rings. The van der Waals surface area contributed by atoms with Crippen molar-refractivity contribution in [2.75, 3.05) is 0 Å². The minimum atomic E-state index is 0.680. The van der Waals surface area contributed by atoms with Crippen molar-refractivity contribution in [3.63, 3.8) is 0 Å². The number of nitrogens with zero attached hydrogens (tertiary/aromatic N) is 3. The van der Waals surface area contributed by atoms with Crippen LogP contribution in [0.5, 0.6) is 0 Å². The zero-order valence-corrected chi connectivity index (χ0v) is 34.1. The second-order valence-corrected chi connectivity index (χ2v) is 15.9. The van der Waals surface area contributed by atoms with Crippen molar-refractivity contribution < 1.29 is 4.42 Å². The van der Waals surface area contributed by atoms with Crippen molar-refractivity contribution in [3.05, 3.63) is 224 Å². The van der Waals surface area contributed by atoms with Crippen molar-refractivity contribution >= 4 is 43.6 Å². The highest BCUT2D eigenvalue weighted by molar-refractivity contribution is 6.27. The van der Waals surface area contributed by atoms with Crippen LogP contribution in [0.4, 0.5) is 0 Å². The van der Waals surface area contributed by atoms with Crippen LogP contribution in [0.1, 0.15) is 0 Å². The Kier molecular flexibility index (Phi) is 8.79. The number of hydrogen-bond donors (Lipinski definition) is 0. The van der Waals surface area contributed by atoms with Crippen molar-refractivity contribution in [2.24, 2.45) is 0 Å². The summed E-state index contributed by atoms with van der Waals surface area (Å²) in [6, 6.07) is 78.5. The maximum Gasteiger partial charge on any atom is 0.160 e. The zero-order chi connectivity index (χ0) is 41.7. The SMILES string of the molecule is c1ccc(-c2cccc(-c3nc(-c4ccccc4)cc(-c4cccc(-c5cccc(-c6nc7ccccc7c7c(-c8ccccc8)c8c(cc67)oc6ccccc68)c5)c4)n3)c2)cc1. The van der Waals surface area contributed by atoms with Gasteiger partial charge in [-0.3, -0.25) is 0 Å². The summed E-state index contributed by atoms with van der Waals surface area (Å²) in [5, 5.41) is 5.53. The molecule has 0 radical (unpaired) electrons. The molecule has 0 aliphatic heterocycles. The van der Waals surface area contributed by atoms with E-state index in [1.807, 2.05) is 18.2 Å². The third-order valence-electron chi connectivity index (χ3n) is 12.0. The maximum atomic E-state index is 6.63. The Balaban J connectivity index is 1.02. The van der Waals surface area contributed by atoms with Crippen LogP contribution in [0, 0.1) is 0 Å². The van der Waals surface area contributed by atoms with Crippen LogP contribution in [0.2, 0.25) is 0 Å². The molecular weight excluding hydrogens is 767 g/mol. The van der Waals surface area contributed by atoms with Crippen LogP contribution in [-0.2, 0) is 0 Å². The summed E-state index contributed by atoms with van der Waals surface area (Å²) >= 11 is 0. The van der Waals surface area contributed by atoms with Crippen molar-refractivity contribution in [3.8, 4) is 78.5 Å². The van der Waals surface area contributed by atoms with Gasteiger partial charge in [0, 0.05) is 54.7 Å². The van der Waals surface area contributed by atoms with E-state index in [0.29, 0.717) is 5.82 Å². The first kappa shape index (κ1) is 36.4. The van der Waals surface area contributed by atoms with Crippen molar-refractivity contribution in [1.29, 1.82) is 0 Å². The topological polar surface area (TPSA) is 51.8 Å². The largest absolute Gasteiger partial charge is 0.456 e. The van der Waals surface area contributed by atoms with E-state index in [9.17, 15) is 0 Å². The average molecular weight is 804 g/mol. The lowest BCUT2D eigenvalue weighted by atomic mass is 9.89. The Morgan fingerprint density at radius 2 is 0.794 bits per heavy atom. The van der Waals surface area contributed by atoms with Crippen molar-refractivity contribution in [1.82, 2.24) is 15.0 Å². The maximum absolute atomic E-state index is 6.63. The fourth-order valence-corrected chi connectivity index (χ4v) is 9.08. The van der Waals surface area contributed by atoms with Gasteiger partial charge in [0.15, 0.2) is 5.82 Å². The van der Waals surface area contributed by atoms with E-state index in [1.165, 1.54) is 0 Å². The van der Waals surface area contributed by atoms with E-state index in [4.69, 9.17) is 19.4 Å². The molecule has 0 amide bonds. The molecule has 0 N–H and O–H groups in total. The summed E-state index contributed by atoms with van der Waals surface area (Å²) in [5.41, 5.74) is 16.1. The molecule has 3 heterocycles. The van der Waals surface area contributed by atoms with Gasteiger partial charge in [0.2, 0.25) is 0 Å². The molecule has 3 aromatic heterocycles.